The Morgan fingerprint density at radius 1 is 1.41 bits per heavy atom. The maximum Gasteiger partial charge on any atom is 0.192 e. The third-order valence-corrected chi connectivity index (χ3v) is 8.48. The van der Waals surface area contributed by atoms with Gasteiger partial charge in [0.1, 0.15) is 0 Å². The Labute approximate surface area is 111 Å². The minimum Gasteiger partial charge on any atom is -0.415 e. The van der Waals surface area contributed by atoms with E-state index in [9.17, 15) is 4.79 Å². The van der Waals surface area contributed by atoms with Crippen LogP contribution >= 0.6 is 11.8 Å². The van der Waals surface area contributed by atoms with Crippen molar-refractivity contribution < 1.29 is 9.22 Å². The predicted octanol–water partition coefficient (Wildman–Crippen LogP) is 3.01. The molecule has 0 radical (unpaired) electrons. The van der Waals surface area contributed by atoms with Gasteiger partial charge in [-0.1, -0.05) is 39.5 Å². The Hall–Kier alpha value is 0.157. The highest BCUT2D eigenvalue weighted by Gasteiger charge is 2.37. The molecule has 0 unspecified atom stereocenters. The highest BCUT2D eigenvalue weighted by Crippen LogP contribution is 2.36. The number of hydrogen-bond acceptors (Lipinski definition) is 4. The topological polar surface area (TPSA) is 52.3 Å². The zero-order valence-corrected chi connectivity index (χ0v) is 13.8. The van der Waals surface area contributed by atoms with E-state index >= 15 is 0 Å². The third kappa shape index (κ3) is 6.60. The highest BCUT2D eigenvalue weighted by molar-refractivity contribution is 8.13. The molecule has 17 heavy (non-hydrogen) atoms. The lowest BCUT2D eigenvalue weighted by Gasteiger charge is -2.36. The first-order valence-corrected chi connectivity index (χ1v) is 10.0. The van der Waals surface area contributed by atoms with Crippen LogP contribution in [0.15, 0.2) is 0 Å². The molecule has 0 heterocycles. The summed E-state index contributed by atoms with van der Waals surface area (Å²) in [6.07, 6.45) is 0.410. The summed E-state index contributed by atoms with van der Waals surface area (Å²) in [5.74, 6) is 0.814. The normalized spacial score (nSPS) is 14.8. The Bertz CT molecular complexity index is 251. The maximum absolute atomic E-state index is 11.4. The van der Waals surface area contributed by atoms with Gasteiger partial charge < -0.3 is 10.2 Å². The summed E-state index contributed by atoms with van der Waals surface area (Å²) in [4.78, 5) is 11.4. The molecule has 1 atom stereocenters. The summed E-state index contributed by atoms with van der Waals surface area (Å²) in [6, 6.07) is -0.171. The van der Waals surface area contributed by atoms with E-state index in [4.69, 9.17) is 10.2 Å². The van der Waals surface area contributed by atoms with Gasteiger partial charge in [0, 0.05) is 19.1 Å². The summed E-state index contributed by atoms with van der Waals surface area (Å²) in [5, 5.41) is 0.355. The van der Waals surface area contributed by atoms with Crippen molar-refractivity contribution in [2.45, 2.75) is 58.3 Å². The van der Waals surface area contributed by atoms with Gasteiger partial charge in [-0.25, -0.2) is 0 Å². The third-order valence-electron chi connectivity index (χ3n) is 3.20. The molecule has 0 aromatic rings. The minimum atomic E-state index is -1.74. The molecule has 0 aliphatic carbocycles. The average molecular weight is 278 g/mol. The van der Waals surface area contributed by atoms with Crippen LogP contribution in [0, 0.1) is 0 Å². The second kappa shape index (κ2) is 6.92. The Balaban J connectivity index is 4.08. The fourth-order valence-electron chi connectivity index (χ4n) is 1.02. The van der Waals surface area contributed by atoms with Crippen LogP contribution < -0.4 is 5.73 Å². The fraction of sp³-hybridized carbons (Fsp3) is 0.917. The van der Waals surface area contributed by atoms with Gasteiger partial charge in [-0.15, -0.1) is 0 Å². The van der Waals surface area contributed by atoms with Crippen LogP contribution in [0.5, 0.6) is 0 Å². The summed E-state index contributed by atoms with van der Waals surface area (Å²) in [7, 11) is -1.74. The molecular formula is C12H27NO2SSi. The van der Waals surface area contributed by atoms with Gasteiger partial charge in [0.25, 0.3) is 0 Å². The molecule has 2 N–H and O–H groups in total. The molecule has 0 aliphatic heterocycles. The van der Waals surface area contributed by atoms with Crippen LogP contribution in [0.25, 0.3) is 0 Å². The van der Waals surface area contributed by atoms with Crippen LogP contribution in [0.4, 0.5) is 0 Å². The van der Waals surface area contributed by atoms with E-state index in [0.29, 0.717) is 13.0 Å². The molecule has 5 heteroatoms. The number of rotatable bonds is 6. The smallest absolute Gasteiger partial charge is 0.192 e. The molecule has 0 bridgehead atoms. The lowest BCUT2D eigenvalue weighted by molar-refractivity contribution is -0.111. The summed E-state index contributed by atoms with van der Waals surface area (Å²) in [5.41, 5.74) is 5.92. The summed E-state index contributed by atoms with van der Waals surface area (Å²) < 4.78 is 5.99. The molecule has 0 aromatic carbocycles. The first-order chi connectivity index (χ1) is 7.60. The van der Waals surface area contributed by atoms with Gasteiger partial charge in [0.05, 0.1) is 0 Å². The van der Waals surface area contributed by atoms with Gasteiger partial charge in [-0.3, -0.25) is 4.79 Å². The van der Waals surface area contributed by atoms with Gasteiger partial charge in [-0.2, -0.15) is 0 Å². The molecule has 102 valence electrons. The van der Waals surface area contributed by atoms with Crippen LogP contribution in [0.2, 0.25) is 18.1 Å². The van der Waals surface area contributed by atoms with Crippen molar-refractivity contribution in [2.24, 2.45) is 5.73 Å². The minimum absolute atomic E-state index is 0.166. The molecule has 3 nitrogen and oxygen atoms in total. The second-order valence-electron chi connectivity index (χ2n) is 5.84. The molecule has 0 aromatic heterocycles. The van der Waals surface area contributed by atoms with Gasteiger partial charge in [0.15, 0.2) is 13.4 Å². The van der Waals surface area contributed by atoms with E-state index in [1.54, 1.807) is 0 Å². The van der Waals surface area contributed by atoms with Crippen molar-refractivity contribution in [2.75, 3.05) is 12.4 Å². The van der Waals surface area contributed by atoms with E-state index < -0.39 is 8.32 Å². The van der Waals surface area contributed by atoms with Crippen LogP contribution in [0.1, 0.15) is 34.1 Å². The van der Waals surface area contributed by atoms with E-state index in [1.807, 2.05) is 6.92 Å². The van der Waals surface area contributed by atoms with Crippen molar-refractivity contribution >= 4 is 25.2 Å². The Kier molecular flexibility index (Phi) is 6.99. The summed E-state index contributed by atoms with van der Waals surface area (Å²) >= 11 is 1.34. The highest BCUT2D eigenvalue weighted by atomic mass is 32.2. The number of carbonyl (C=O) groups excluding carboxylic acids is 1. The molecule has 0 saturated carbocycles. The largest absolute Gasteiger partial charge is 0.415 e. The first kappa shape index (κ1) is 17.2. The van der Waals surface area contributed by atoms with Gasteiger partial charge >= 0.3 is 0 Å². The second-order valence-corrected chi connectivity index (χ2v) is 12.0. The number of thioether (sulfide) groups is 1. The van der Waals surface area contributed by atoms with Crippen LogP contribution in [-0.4, -0.2) is 31.8 Å². The predicted molar refractivity (Wildman–Crippen MR) is 78.9 cm³/mol. The van der Waals surface area contributed by atoms with E-state index in [0.717, 1.165) is 5.75 Å². The standard InChI is InChI=1S/C12H27NO2SSi/c1-7-16-11(14)8-10(13)9-15-17(5,6)12(2,3)4/h10H,7-9,13H2,1-6H3/t10-/m1/s1. The Morgan fingerprint density at radius 3 is 2.35 bits per heavy atom. The average Bonchev–Trinajstić information content (AvgIpc) is 2.13. The fourth-order valence-corrected chi connectivity index (χ4v) is 2.74. The van der Waals surface area contributed by atoms with Crippen molar-refractivity contribution in [1.82, 2.24) is 0 Å². The lowest BCUT2D eigenvalue weighted by Crippen LogP contribution is -2.44. The zero-order chi connectivity index (χ0) is 13.7. The van der Waals surface area contributed by atoms with E-state index in [-0.39, 0.29) is 16.2 Å². The Morgan fingerprint density at radius 2 is 1.94 bits per heavy atom. The molecule has 0 aliphatic rings. The summed E-state index contributed by atoms with van der Waals surface area (Å²) in [6.45, 7) is 13.5. The number of carbonyl (C=O) groups is 1. The lowest BCUT2D eigenvalue weighted by atomic mass is 10.2. The van der Waals surface area contributed by atoms with Gasteiger partial charge in [-0.05, 0) is 23.9 Å². The van der Waals surface area contributed by atoms with E-state index in [1.165, 1.54) is 11.8 Å². The zero-order valence-electron chi connectivity index (χ0n) is 12.0. The number of hydrogen-bond donors (Lipinski definition) is 1. The molecule has 0 spiro atoms. The van der Waals surface area contributed by atoms with Crippen molar-refractivity contribution in [3.8, 4) is 0 Å². The van der Waals surface area contributed by atoms with Crippen molar-refractivity contribution in [1.29, 1.82) is 0 Å². The molecule has 0 rings (SSSR count). The van der Waals surface area contributed by atoms with E-state index in [2.05, 4.69) is 33.9 Å². The van der Waals surface area contributed by atoms with Crippen molar-refractivity contribution in [3.05, 3.63) is 0 Å². The number of nitrogens with two attached hydrogens (primary N) is 1. The molecule has 0 saturated heterocycles. The van der Waals surface area contributed by atoms with Crippen LogP contribution in [-0.2, 0) is 9.22 Å². The molecule has 0 fully saturated rings. The van der Waals surface area contributed by atoms with Gasteiger partial charge in [0.2, 0.25) is 0 Å². The first-order valence-electron chi connectivity index (χ1n) is 6.15. The van der Waals surface area contributed by atoms with Crippen LogP contribution in [0.3, 0.4) is 0 Å². The molecular weight excluding hydrogens is 250 g/mol. The monoisotopic (exact) mass is 277 g/mol. The quantitative estimate of drug-likeness (QED) is 0.758. The SMILES string of the molecule is CCSC(=O)C[C@@H](N)CO[Si](C)(C)C(C)(C)C. The maximum atomic E-state index is 11.4. The van der Waals surface area contributed by atoms with Crippen molar-refractivity contribution in [3.63, 3.8) is 0 Å². The molecule has 0 amide bonds.